The van der Waals surface area contributed by atoms with E-state index in [9.17, 15) is 4.79 Å². The summed E-state index contributed by atoms with van der Waals surface area (Å²) >= 11 is 2.22. The molecule has 0 spiro atoms. The van der Waals surface area contributed by atoms with Crippen molar-refractivity contribution in [2.75, 3.05) is 0 Å². The lowest BCUT2D eigenvalue weighted by atomic mass is 10.2. The highest BCUT2D eigenvalue weighted by Gasteiger charge is 2.11. The molecule has 0 radical (unpaired) electrons. The Labute approximate surface area is 138 Å². The maximum absolute atomic E-state index is 11.5. The van der Waals surface area contributed by atoms with E-state index < -0.39 is 0 Å². The van der Waals surface area contributed by atoms with E-state index in [0.717, 1.165) is 14.9 Å². The molecule has 0 aliphatic carbocycles. The summed E-state index contributed by atoms with van der Waals surface area (Å²) in [6.07, 6.45) is 0.351. The monoisotopic (exact) mass is 396 g/mol. The molecule has 0 heterocycles. The van der Waals surface area contributed by atoms with Gasteiger partial charge in [-0.2, -0.15) is 0 Å². The molecular weight excluding hydrogens is 379 g/mol. The number of carbonyl (C=O) groups is 1. The molecule has 4 heteroatoms. The third-order valence-electron chi connectivity index (χ3n) is 2.99. The van der Waals surface area contributed by atoms with Crippen LogP contribution in [-0.4, -0.2) is 5.97 Å². The minimum atomic E-state index is -0.242. The topological polar surface area (TPSA) is 35.5 Å². The average molecular weight is 396 g/mol. The third-order valence-corrected chi connectivity index (χ3v) is 4.00. The zero-order valence-corrected chi connectivity index (χ0v) is 14.2. The lowest BCUT2D eigenvalue weighted by Crippen LogP contribution is -2.09. The van der Waals surface area contributed by atoms with E-state index in [1.807, 2.05) is 43.3 Å². The first-order valence-electron chi connectivity index (χ1n) is 6.77. The summed E-state index contributed by atoms with van der Waals surface area (Å²) in [5, 5.41) is 0. The van der Waals surface area contributed by atoms with Gasteiger partial charge < -0.3 is 9.47 Å². The molecule has 2 rings (SSSR count). The van der Waals surface area contributed by atoms with Gasteiger partial charge in [0.1, 0.15) is 18.1 Å². The SMILES string of the molecule is CCC(=O)Oc1cccc(I)c1COc1ccc(C)cc1. The molecule has 21 heavy (non-hydrogen) atoms. The Morgan fingerprint density at radius 1 is 1.14 bits per heavy atom. The van der Waals surface area contributed by atoms with E-state index in [2.05, 4.69) is 22.6 Å². The molecule has 2 aromatic carbocycles. The van der Waals surface area contributed by atoms with E-state index >= 15 is 0 Å². The van der Waals surface area contributed by atoms with Gasteiger partial charge in [-0.15, -0.1) is 0 Å². The van der Waals surface area contributed by atoms with Crippen molar-refractivity contribution in [3.8, 4) is 11.5 Å². The van der Waals surface area contributed by atoms with Crippen molar-refractivity contribution < 1.29 is 14.3 Å². The van der Waals surface area contributed by atoms with Crippen LogP contribution in [-0.2, 0) is 11.4 Å². The molecular formula is C17H17IO3. The highest BCUT2D eigenvalue weighted by molar-refractivity contribution is 14.1. The van der Waals surface area contributed by atoms with Crippen LogP contribution >= 0.6 is 22.6 Å². The highest BCUT2D eigenvalue weighted by atomic mass is 127. The fourth-order valence-corrected chi connectivity index (χ4v) is 2.39. The Bertz CT molecular complexity index is 620. The lowest BCUT2D eigenvalue weighted by Gasteiger charge is -2.13. The van der Waals surface area contributed by atoms with Crippen LogP contribution in [0.2, 0.25) is 0 Å². The van der Waals surface area contributed by atoms with Crippen LogP contribution in [0.3, 0.4) is 0 Å². The molecule has 0 aromatic heterocycles. The van der Waals surface area contributed by atoms with Gasteiger partial charge in [0.25, 0.3) is 0 Å². The molecule has 0 saturated carbocycles. The van der Waals surface area contributed by atoms with Crippen LogP contribution in [0.25, 0.3) is 0 Å². The maximum atomic E-state index is 11.5. The van der Waals surface area contributed by atoms with Gasteiger partial charge in [-0.3, -0.25) is 4.79 Å². The Morgan fingerprint density at radius 2 is 1.86 bits per heavy atom. The smallest absolute Gasteiger partial charge is 0.310 e. The number of hydrogen-bond acceptors (Lipinski definition) is 3. The molecule has 0 fully saturated rings. The van der Waals surface area contributed by atoms with Crippen LogP contribution in [0.15, 0.2) is 42.5 Å². The molecule has 0 aliphatic rings. The van der Waals surface area contributed by atoms with Crippen LogP contribution in [0.1, 0.15) is 24.5 Å². The minimum Gasteiger partial charge on any atom is -0.489 e. The van der Waals surface area contributed by atoms with Gasteiger partial charge in [0.05, 0.1) is 0 Å². The summed E-state index contributed by atoms with van der Waals surface area (Å²) in [5.41, 5.74) is 2.08. The Kier molecular flexibility index (Phi) is 5.61. The number of esters is 1. The minimum absolute atomic E-state index is 0.242. The van der Waals surface area contributed by atoms with E-state index in [1.54, 1.807) is 13.0 Å². The van der Waals surface area contributed by atoms with Crippen molar-refractivity contribution in [1.82, 2.24) is 0 Å². The largest absolute Gasteiger partial charge is 0.489 e. The first kappa shape index (κ1) is 15.8. The molecule has 3 nitrogen and oxygen atoms in total. The number of hydrogen-bond donors (Lipinski definition) is 0. The van der Waals surface area contributed by atoms with Gasteiger partial charge in [0.2, 0.25) is 0 Å². The summed E-state index contributed by atoms with van der Waals surface area (Å²) < 4.78 is 12.2. The molecule has 0 unspecified atom stereocenters. The van der Waals surface area contributed by atoms with Crippen LogP contribution in [0.4, 0.5) is 0 Å². The van der Waals surface area contributed by atoms with Gasteiger partial charge in [-0.25, -0.2) is 0 Å². The zero-order valence-electron chi connectivity index (χ0n) is 12.1. The third kappa shape index (κ3) is 4.46. The fraction of sp³-hybridized carbons (Fsp3) is 0.235. The van der Waals surface area contributed by atoms with Crippen molar-refractivity contribution in [3.63, 3.8) is 0 Å². The van der Waals surface area contributed by atoms with Gasteiger partial charge in [-0.05, 0) is 53.8 Å². The van der Waals surface area contributed by atoms with Gasteiger partial charge in [0, 0.05) is 15.6 Å². The molecule has 0 N–H and O–H groups in total. The van der Waals surface area contributed by atoms with E-state index in [0.29, 0.717) is 18.8 Å². The van der Waals surface area contributed by atoms with Crippen LogP contribution in [0, 0.1) is 10.5 Å². The Morgan fingerprint density at radius 3 is 2.52 bits per heavy atom. The predicted molar refractivity (Wildman–Crippen MR) is 90.6 cm³/mol. The first-order chi connectivity index (χ1) is 10.1. The van der Waals surface area contributed by atoms with Crippen molar-refractivity contribution in [1.29, 1.82) is 0 Å². The second kappa shape index (κ2) is 7.45. The van der Waals surface area contributed by atoms with Gasteiger partial charge >= 0.3 is 5.97 Å². The molecule has 0 bridgehead atoms. The predicted octanol–water partition coefficient (Wildman–Crippen LogP) is 4.49. The zero-order chi connectivity index (χ0) is 15.2. The fourth-order valence-electron chi connectivity index (χ4n) is 1.76. The van der Waals surface area contributed by atoms with Crippen molar-refractivity contribution in [3.05, 3.63) is 57.2 Å². The number of rotatable bonds is 5. The quantitative estimate of drug-likeness (QED) is 0.424. The Balaban J connectivity index is 2.14. The molecule has 0 aliphatic heterocycles. The van der Waals surface area contributed by atoms with Crippen molar-refractivity contribution in [2.45, 2.75) is 26.9 Å². The summed E-state index contributed by atoms with van der Waals surface area (Å²) in [7, 11) is 0. The first-order valence-corrected chi connectivity index (χ1v) is 7.85. The number of ether oxygens (including phenoxy) is 2. The summed E-state index contributed by atoms with van der Waals surface area (Å²) in [5.74, 6) is 1.13. The van der Waals surface area contributed by atoms with Crippen molar-refractivity contribution in [2.24, 2.45) is 0 Å². The molecule has 0 atom stereocenters. The standard InChI is InChI=1S/C17H17IO3/c1-3-17(19)21-16-6-4-5-15(18)14(16)11-20-13-9-7-12(2)8-10-13/h4-10H,3,11H2,1-2H3. The summed E-state index contributed by atoms with van der Waals surface area (Å²) in [6, 6.07) is 13.5. The molecule has 110 valence electrons. The second-order valence-corrected chi connectivity index (χ2v) is 5.81. The Hall–Kier alpha value is -1.56. The number of aryl methyl sites for hydroxylation is 1. The number of benzene rings is 2. The van der Waals surface area contributed by atoms with E-state index in [1.165, 1.54) is 5.56 Å². The normalized spacial score (nSPS) is 10.2. The summed E-state index contributed by atoms with van der Waals surface area (Å²) in [4.78, 5) is 11.5. The highest BCUT2D eigenvalue weighted by Crippen LogP contribution is 2.26. The molecule has 0 saturated heterocycles. The second-order valence-electron chi connectivity index (χ2n) is 4.65. The number of carbonyl (C=O) groups excluding carboxylic acids is 1. The number of halogens is 1. The van der Waals surface area contributed by atoms with E-state index in [-0.39, 0.29) is 5.97 Å². The van der Waals surface area contributed by atoms with Gasteiger partial charge in [-0.1, -0.05) is 30.7 Å². The van der Waals surface area contributed by atoms with Crippen LogP contribution < -0.4 is 9.47 Å². The van der Waals surface area contributed by atoms with Gasteiger partial charge in [0.15, 0.2) is 0 Å². The maximum Gasteiger partial charge on any atom is 0.310 e. The molecule has 2 aromatic rings. The van der Waals surface area contributed by atoms with Crippen molar-refractivity contribution >= 4 is 28.6 Å². The molecule has 0 amide bonds. The lowest BCUT2D eigenvalue weighted by molar-refractivity contribution is -0.134. The average Bonchev–Trinajstić information content (AvgIpc) is 2.48. The van der Waals surface area contributed by atoms with Crippen LogP contribution in [0.5, 0.6) is 11.5 Å². The van der Waals surface area contributed by atoms with E-state index in [4.69, 9.17) is 9.47 Å². The summed E-state index contributed by atoms with van der Waals surface area (Å²) in [6.45, 7) is 4.18.